The van der Waals surface area contributed by atoms with Crippen LogP contribution in [-0.2, 0) is 16.1 Å². The third-order valence-electron chi connectivity index (χ3n) is 4.36. The van der Waals surface area contributed by atoms with Gasteiger partial charge in [-0.05, 0) is 12.1 Å². The van der Waals surface area contributed by atoms with Crippen molar-refractivity contribution in [1.82, 2.24) is 25.1 Å². The van der Waals surface area contributed by atoms with Gasteiger partial charge in [0.25, 0.3) is 5.91 Å². The molecule has 0 unspecified atom stereocenters. The standard InChI is InChI=1S/C18H22FN5O4/c1-12(25)21-7-17(26)24-8-13(19)6-14(9-24)22-18(27)16-3-2-15(28-16)10-23-5-4-20-11-23/h2-5,11,13-14H,6-10H2,1H3,(H,21,25)(H,22,27)/t13-,14+/m1/s1. The third kappa shape index (κ3) is 5.18. The maximum absolute atomic E-state index is 14.0. The van der Waals surface area contributed by atoms with Crippen molar-refractivity contribution in [1.29, 1.82) is 0 Å². The molecule has 2 aromatic rings. The number of nitrogens with zero attached hydrogens (tertiary/aromatic N) is 3. The molecule has 0 saturated carbocycles. The summed E-state index contributed by atoms with van der Waals surface area (Å²) in [6.07, 6.45) is 3.91. The molecule has 1 fully saturated rings. The number of furan rings is 1. The van der Waals surface area contributed by atoms with E-state index < -0.39 is 24.0 Å². The fourth-order valence-corrected chi connectivity index (χ4v) is 3.06. The number of hydrogen-bond donors (Lipinski definition) is 2. The molecule has 1 aliphatic heterocycles. The van der Waals surface area contributed by atoms with Gasteiger partial charge in [0.2, 0.25) is 11.8 Å². The monoisotopic (exact) mass is 391 g/mol. The molecule has 10 heteroatoms. The van der Waals surface area contributed by atoms with Crippen LogP contribution in [-0.4, -0.2) is 64.0 Å². The van der Waals surface area contributed by atoms with Gasteiger partial charge in [-0.15, -0.1) is 0 Å². The molecular formula is C18H22FN5O4. The Morgan fingerprint density at radius 2 is 2.14 bits per heavy atom. The van der Waals surface area contributed by atoms with Gasteiger partial charge in [-0.25, -0.2) is 9.37 Å². The summed E-state index contributed by atoms with van der Waals surface area (Å²) in [6, 6.07) is 2.70. The van der Waals surface area contributed by atoms with Crippen molar-refractivity contribution in [2.45, 2.75) is 32.1 Å². The molecule has 0 bridgehead atoms. The number of imidazole rings is 1. The molecule has 0 spiro atoms. The zero-order valence-corrected chi connectivity index (χ0v) is 15.4. The summed E-state index contributed by atoms with van der Waals surface area (Å²) in [5.41, 5.74) is 0. The normalized spacial score (nSPS) is 19.3. The van der Waals surface area contributed by atoms with Crippen molar-refractivity contribution < 1.29 is 23.2 Å². The first kappa shape index (κ1) is 19.6. The van der Waals surface area contributed by atoms with Crippen LogP contribution in [0.1, 0.15) is 29.7 Å². The van der Waals surface area contributed by atoms with E-state index in [1.165, 1.54) is 11.8 Å². The number of piperidine rings is 1. The maximum Gasteiger partial charge on any atom is 0.287 e. The largest absolute Gasteiger partial charge is 0.454 e. The van der Waals surface area contributed by atoms with E-state index in [0.717, 1.165) is 0 Å². The summed E-state index contributed by atoms with van der Waals surface area (Å²) in [5, 5.41) is 5.11. The molecule has 1 aliphatic rings. The number of carbonyl (C=O) groups excluding carboxylic acids is 3. The molecule has 2 aromatic heterocycles. The number of hydrogen-bond acceptors (Lipinski definition) is 5. The van der Waals surface area contributed by atoms with Gasteiger partial charge in [0.15, 0.2) is 5.76 Å². The van der Waals surface area contributed by atoms with Crippen LogP contribution in [0.25, 0.3) is 0 Å². The van der Waals surface area contributed by atoms with Gasteiger partial charge in [0, 0.05) is 38.3 Å². The molecule has 0 aliphatic carbocycles. The number of alkyl halides is 1. The molecule has 0 aromatic carbocycles. The Bertz CT molecular complexity index is 835. The first-order valence-electron chi connectivity index (χ1n) is 8.92. The van der Waals surface area contributed by atoms with Gasteiger partial charge in [0.05, 0.1) is 26.0 Å². The highest BCUT2D eigenvalue weighted by Gasteiger charge is 2.31. The van der Waals surface area contributed by atoms with Crippen molar-refractivity contribution in [3.8, 4) is 0 Å². The Labute approximate surface area is 160 Å². The highest BCUT2D eigenvalue weighted by molar-refractivity contribution is 5.91. The van der Waals surface area contributed by atoms with Crippen LogP contribution in [0.15, 0.2) is 35.3 Å². The van der Waals surface area contributed by atoms with E-state index in [0.29, 0.717) is 12.3 Å². The summed E-state index contributed by atoms with van der Waals surface area (Å²) < 4.78 is 21.4. The summed E-state index contributed by atoms with van der Waals surface area (Å²) >= 11 is 0. The molecule has 0 radical (unpaired) electrons. The topological polar surface area (TPSA) is 109 Å². The number of aromatic nitrogens is 2. The molecule has 150 valence electrons. The quantitative estimate of drug-likeness (QED) is 0.738. The minimum atomic E-state index is -1.26. The number of nitrogens with one attached hydrogen (secondary N) is 2. The average molecular weight is 391 g/mol. The summed E-state index contributed by atoms with van der Waals surface area (Å²) in [7, 11) is 0. The van der Waals surface area contributed by atoms with E-state index in [2.05, 4.69) is 15.6 Å². The summed E-state index contributed by atoms with van der Waals surface area (Å²) in [5.74, 6) is -0.492. The Hall–Kier alpha value is -3.17. The fourth-order valence-electron chi connectivity index (χ4n) is 3.06. The van der Waals surface area contributed by atoms with Crippen molar-refractivity contribution in [3.05, 3.63) is 42.4 Å². The predicted molar refractivity (Wildman–Crippen MR) is 96.1 cm³/mol. The lowest BCUT2D eigenvalue weighted by Crippen LogP contribution is -2.55. The zero-order chi connectivity index (χ0) is 20.1. The van der Waals surface area contributed by atoms with Gasteiger partial charge in [-0.1, -0.05) is 0 Å². The number of likely N-dealkylation sites (tertiary alicyclic amines) is 1. The number of halogens is 1. The Morgan fingerprint density at radius 3 is 2.86 bits per heavy atom. The van der Waals surface area contributed by atoms with Crippen molar-refractivity contribution in [3.63, 3.8) is 0 Å². The van der Waals surface area contributed by atoms with Crippen molar-refractivity contribution >= 4 is 17.7 Å². The van der Waals surface area contributed by atoms with Crippen LogP contribution >= 0.6 is 0 Å². The Kier molecular flexibility index (Phi) is 6.07. The molecule has 3 heterocycles. The van der Waals surface area contributed by atoms with Crippen molar-refractivity contribution in [2.75, 3.05) is 19.6 Å². The van der Waals surface area contributed by atoms with Crippen LogP contribution in [0.2, 0.25) is 0 Å². The van der Waals surface area contributed by atoms with E-state index in [1.807, 2.05) is 0 Å². The molecule has 3 rings (SSSR count). The molecule has 28 heavy (non-hydrogen) atoms. The minimum absolute atomic E-state index is 0.0550. The van der Waals surface area contributed by atoms with Crippen LogP contribution in [0, 0.1) is 0 Å². The zero-order valence-electron chi connectivity index (χ0n) is 15.4. The lowest BCUT2D eigenvalue weighted by atomic mass is 10.0. The second-order valence-corrected chi connectivity index (χ2v) is 6.71. The van der Waals surface area contributed by atoms with Crippen molar-refractivity contribution in [2.24, 2.45) is 0 Å². The van der Waals surface area contributed by atoms with Crippen LogP contribution < -0.4 is 10.6 Å². The highest BCUT2D eigenvalue weighted by Crippen LogP contribution is 2.16. The van der Waals surface area contributed by atoms with Gasteiger partial charge in [-0.2, -0.15) is 0 Å². The fraction of sp³-hybridized carbons (Fsp3) is 0.444. The minimum Gasteiger partial charge on any atom is -0.454 e. The molecule has 9 nitrogen and oxygen atoms in total. The average Bonchev–Trinajstić information content (AvgIpc) is 3.31. The third-order valence-corrected chi connectivity index (χ3v) is 4.36. The number of rotatable bonds is 6. The molecule has 3 amide bonds. The van der Waals surface area contributed by atoms with Gasteiger partial charge >= 0.3 is 0 Å². The number of amides is 3. The van der Waals surface area contributed by atoms with Crippen LogP contribution in [0.3, 0.4) is 0 Å². The molecule has 2 atom stereocenters. The second-order valence-electron chi connectivity index (χ2n) is 6.71. The maximum atomic E-state index is 14.0. The Balaban J connectivity index is 1.56. The SMILES string of the molecule is CC(=O)NCC(=O)N1C[C@H](F)C[C@H](NC(=O)c2ccc(Cn3ccnc3)o2)C1. The van der Waals surface area contributed by atoms with E-state index in [1.54, 1.807) is 35.4 Å². The molecular weight excluding hydrogens is 369 g/mol. The number of carbonyl (C=O) groups is 3. The van der Waals surface area contributed by atoms with E-state index in [9.17, 15) is 18.8 Å². The van der Waals surface area contributed by atoms with E-state index >= 15 is 0 Å². The van der Waals surface area contributed by atoms with E-state index in [4.69, 9.17) is 4.42 Å². The van der Waals surface area contributed by atoms with Crippen LogP contribution in [0.5, 0.6) is 0 Å². The molecule has 2 N–H and O–H groups in total. The highest BCUT2D eigenvalue weighted by atomic mass is 19.1. The lowest BCUT2D eigenvalue weighted by Gasteiger charge is -2.35. The van der Waals surface area contributed by atoms with Gasteiger partial charge in [0.1, 0.15) is 11.9 Å². The summed E-state index contributed by atoms with van der Waals surface area (Å²) in [6.45, 7) is 1.66. The smallest absolute Gasteiger partial charge is 0.287 e. The molecule has 1 saturated heterocycles. The predicted octanol–water partition coefficient (Wildman–Crippen LogP) is 0.329. The summed E-state index contributed by atoms with van der Waals surface area (Å²) in [4.78, 5) is 40.7. The first-order valence-corrected chi connectivity index (χ1v) is 8.92. The van der Waals surface area contributed by atoms with Gasteiger partial charge < -0.3 is 24.5 Å². The second kappa shape index (κ2) is 8.68. The van der Waals surface area contributed by atoms with Crippen LogP contribution in [0.4, 0.5) is 4.39 Å². The van der Waals surface area contributed by atoms with E-state index in [-0.39, 0.29) is 37.7 Å². The Morgan fingerprint density at radius 1 is 1.32 bits per heavy atom. The van der Waals surface area contributed by atoms with Gasteiger partial charge in [-0.3, -0.25) is 14.4 Å². The first-order chi connectivity index (χ1) is 13.4. The lowest BCUT2D eigenvalue weighted by molar-refractivity contribution is -0.134.